The Balaban J connectivity index is 1.68. The minimum absolute atomic E-state index is 0.0132. The lowest BCUT2D eigenvalue weighted by Gasteiger charge is -2.33. The highest BCUT2D eigenvalue weighted by Gasteiger charge is 2.34. The molecule has 2 aliphatic rings. The summed E-state index contributed by atoms with van der Waals surface area (Å²) in [5, 5.41) is 11.9. The number of aromatic nitrogens is 2. The van der Waals surface area contributed by atoms with Gasteiger partial charge in [-0.15, -0.1) is 0 Å². The summed E-state index contributed by atoms with van der Waals surface area (Å²) < 4.78 is 6.06. The van der Waals surface area contributed by atoms with Crippen LogP contribution in [0.5, 0.6) is 5.75 Å². The van der Waals surface area contributed by atoms with E-state index in [1.54, 1.807) is 6.20 Å². The van der Waals surface area contributed by atoms with Gasteiger partial charge < -0.3 is 15.0 Å². The number of fused-ring (bicyclic) bond motifs is 3. The Kier molecular flexibility index (Phi) is 3.84. The molecule has 1 saturated heterocycles. The van der Waals surface area contributed by atoms with E-state index in [-0.39, 0.29) is 11.9 Å². The fourth-order valence-corrected chi connectivity index (χ4v) is 4.37. The van der Waals surface area contributed by atoms with E-state index in [0.717, 1.165) is 40.7 Å². The number of carbonyl (C=O) groups is 1. The van der Waals surface area contributed by atoms with Gasteiger partial charge in [0.25, 0.3) is 5.91 Å². The summed E-state index contributed by atoms with van der Waals surface area (Å²) in [7, 11) is 0. The van der Waals surface area contributed by atoms with Crippen LogP contribution in [0.2, 0.25) is 5.02 Å². The Labute approximate surface area is 161 Å². The molecule has 138 valence electrons. The van der Waals surface area contributed by atoms with Crippen LogP contribution in [0.1, 0.15) is 15.9 Å². The Morgan fingerprint density at radius 1 is 1.26 bits per heavy atom. The van der Waals surface area contributed by atoms with Crippen molar-refractivity contribution in [3.05, 3.63) is 46.6 Å². The van der Waals surface area contributed by atoms with Crippen molar-refractivity contribution in [2.45, 2.75) is 13.0 Å². The molecule has 0 aliphatic carbocycles. The van der Waals surface area contributed by atoms with Gasteiger partial charge in [0.05, 0.1) is 28.3 Å². The van der Waals surface area contributed by atoms with Crippen LogP contribution in [0.15, 0.2) is 30.5 Å². The SMILES string of the molecule is Cc1ccc2[nH]ncc2c1-c1ccc2c(c1Cl)OCC1CNCCN1C2=O. The molecule has 5 rings (SSSR count). The first kappa shape index (κ1) is 16.6. The molecular weight excluding hydrogens is 364 g/mol. The number of piperazine rings is 1. The first-order valence-corrected chi connectivity index (χ1v) is 9.43. The second kappa shape index (κ2) is 6.25. The van der Waals surface area contributed by atoms with Crippen LogP contribution < -0.4 is 10.1 Å². The fourth-order valence-electron chi connectivity index (χ4n) is 4.05. The number of carbonyl (C=O) groups excluding carboxylic acids is 1. The normalized spacial score (nSPS) is 19.4. The number of aryl methyl sites for hydroxylation is 1. The number of H-pyrrole nitrogens is 1. The monoisotopic (exact) mass is 382 g/mol. The van der Waals surface area contributed by atoms with Crippen LogP contribution in [0, 0.1) is 6.92 Å². The van der Waals surface area contributed by atoms with Crippen LogP contribution in [0.25, 0.3) is 22.0 Å². The summed E-state index contributed by atoms with van der Waals surface area (Å²) in [6.07, 6.45) is 1.80. The Hall–Kier alpha value is -2.57. The minimum Gasteiger partial charge on any atom is -0.489 e. The summed E-state index contributed by atoms with van der Waals surface area (Å²) >= 11 is 6.79. The second-order valence-electron chi connectivity index (χ2n) is 7.06. The molecular formula is C20H19ClN4O2. The molecule has 2 N–H and O–H groups in total. The van der Waals surface area contributed by atoms with E-state index in [1.165, 1.54) is 0 Å². The van der Waals surface area contributed by atoms with Crippen molar-refractivity contribution in [2.75, 3.05) is 26.2 Å². The number of ether oxygens (including phenoxy) is 1. The number of aromatic amines is 1. The smallest absolute Gasteiger partial charge is 0.258 e. The highest BCUT2D eigenvalue weighted by Crippen LogP contribution is 2.43. The predicted molar refractivity (Wildman–Crippen MR) is 104 cm³/mol. The number of hydrogen-bond acceptors (Lipinski definition) is 4. The quantitative estimate of drug-likeness (QED) is 0.678. The van der Waals surface area contributed by atoms with E-state index < -0.39 is 0 Å². The van der Waals surface area contributed by atoms with Crippen LogP contribution in [-0.2, 0) is 0 Å². The number of nitrogens with one attached hydrogen (secondary N) is 2. The van der Waals surface area contributed by atoms with Crippen LogP contribution >= 0.6 is 11.6 Å². The molecule has 2 aliphatic heterocycles. The van der Waals surface area contributed by atoms with Gasteiger partial charge in [-0.1, -0.05) is 23.7 Å². The van der Waals surface area contributed by atoms with Gasteiger partial charge in [-0.25, -0.2) is 0 Å². The van der Waals surface area contributed by atoms with Crippen molar-refractivity contribution in [3.8, 4) is 16.9 Å². The largest absolute Gasteiger partial charge is 0.489 e. The van der Waals surface area contributed by atoms with Gasteiger partial charge in [0.1, 0.15) is 6.61 Å². The average molecular weight is 383 g/mol. The molecule has 1 unspecified atom stereocenters. The summed E-state index contributed by atoms with van der Waals surface area (Å²) in [6.45, 7) is 4.69. The first-order chi connectivity index (χ1) is 13.1. The van der Waals surface area contributed by atoms with E-state index in [0.29, 0.717) is 29.5 Å². The van der Waals surface area contributed by atoms with Crippen molar-refractivity contribution in [1.82, 2.24) is 20.4 Å². The average Bonchev–Trinajstić information content (AvgIpc) is 3.10. The lowest BCUT2D eigenvalue weighted by Crippen LogP contribution is -2.54. The summed E-state index contributed by atoms with van der Waals surface area (Å²) in [4.78, 5) is 14.9. The van der Waals surface area contributed by atoms with Crippen molar-refractivity contribution in [2.24, 2.45) is 0 Å². The third-order valence-electron chi connectivity index (χ3n) is 5.46. The van der Waals surface area contributed by atoms with Gasteiger partial charge in [-0.05, 0) is 30.2 Å². The summed E-state index contributed by atoms with van der Waals surface area (Å²) in [5.74, 6) is 0.467. The molecule has 2 aromatic carbocycles. The van der Waals surface area contributed by atoms with E-state index in [1.807, 2.05) is 36.1 Å². The van der Waals surface area contributed by atoms with Gasteiger partial charge in [-0.2, -0.15) is 5.10 Å². The Bertz CT molecular complexity index is 1060. The van der Waals surface area contributed by atoms with Gasteiger partial charge in [0, 0.05) is 30.6 Å². The lowest BCUT2D eigenvalue weighted by atomic mass is 9.95. The molecule has 3 heterocycles. The van der Waals surface area contributed by atoms with Crippen molar-refractivity contribution < 1.29 is 9.53 Å². The lowest BCUT2D eigenvalue weighted by molar-refractivity contribution is 0.0606. The van der Waals surface area contributed by atoms with Crippen molar-refractivity contribution in [3.63, 3.8) is 0 Å². The first-order valence-electron chi connectivity index (χ1n) is 9.05. The van der Waals surface area contributed by atoms with Crippen LogP contribution in [0.4, 0.5) is 0 Å². The molecule has 27 heavy (non-hydrogen) atoms. The molecule has 1 fully saturated rings. The zero-order valence-electron chi connectivity index (χ0n) is 14.9. The number of hydrogen-bond donors (Lipinski definition) is 2. The molecule has 7 heteroatoms. The maximum Gasteiger partial charge on any atom is 0.258 e. The number of rotatable bonds is 1. The molecule has 6 nitrogen and oxygen atoms in total. The second-order valence-corrected chi connectivity index (χ2v) is 7.44. The predicted octanol–water partition coefficient (Wildman–Crippen LogP) is 3.00. The number of benzene rings is 2. The third kappa shape index (κ3) is 2.51. The zero-order chi connectivity index (χ0) is 18.5. The molecule has 0 spiro atoms. The van der Waals surface area contributed by atoms with Crippen LogP contribution in [-0.4, -0.2) is 53.3 Å². The molecule has 0 bridgehead atoms. The van der Waals surface area contributed by atoms with E-state index in [4.69, 9.17) is 16.3 Å². The minimum atomic E-state index is -0.0132. The summed E-state index contributed by atoms with van der Waals surface area (Å²) in [6, 6.07) is 7.82. The van der Waals surface area contributed by atoms with E-state index in [2.05, 4.69) is 15.5 Å². The summed E-state index contributed by atoms with van der Waals surface area (Å²) in [5.41, 5.74) is 4.43. The van der Waals surface area contributed by atoms with Crippen molar-refractivity contribution in [1.29, 1.82) is 0 Å². The molecule has 0 saturated carbocycles. The standard InChI is InChI=1S/C20H19ClN4O2/c1-11-2-5-16-15(9-23-24-16)17(11)13-3-4-14-19(18(13)21)27-10-12-8-22-6-7-25(12)20(14)26/h2-5,9,12,22H,6-8,10H2,1H3,(H,23,24). The fraction of sp³-hybridized carbons (Fsp3) is 0.300. The number of amides is 1. The number of nitrogens with zero attached hydrogens (tertiary/aromatic N) is 2. The molecule has 1 amide bonds. The highest BCUT2D eigenvalue weighted by molar-refractivity contribution is 6.36. The van der Waals surface area contributed by atoms with Crippen LogP contribution in [0.3, 0.4) is 0 Å². The third-order valence-corrected chi connectivity index (χ3v) is 5.84. The highest BCUT2D eigenvalue weighted by atomic mass is 35.5. The maximum absolute atomic E-state index is 13.1. The van der Waals surface area contributed by atoms with Gasteiger partial charge >= 0.3 is 0 Å². The van der Waals surface area contributed by atoms with Gasteiger partial charge in [0.2, 0.25) is 0 Å². The van der Waals surface area contributed by atoms with E-state index >= 15 is 0 Å². The zero-order valence-corrected chi connectivity index (χ0v) is 15.6. The molecule has 1 atom stereocenters. The Morgan fingerprint density at radius 3 is 3.00 bits per heavy atom. The maximum atomic E-state index is 13.1. The number of halogens is 1. The molecule has 1 aromatic heterocycles. The van der Waals surface area contributed by atoms with Gasteiger partial charge in [0.15, 0.2) is 5.75 Å². The topological polar surface area (TPSA) is 70.2 Å². The van der Waals surface area contributed by atoms with E-state index in [9.17, 15) is 4.79 Å². The Morgan fingerprint density at radius 2 is 2.11 bits per heavy atom. The van der Waals surface area contributed by atoms with Gasteiger partial charge in [-0.3, -0.25) is 9.89 Å². The molecule has 0 radical (unpaired) electrons. The van der Waals surface area contributed by atoms with Crippen molar-refractivity contribution >= 4 is 28.4 Å². The molecule has 3 aromatic rings.